The molecule has 2 amide bonds. The van der Waals surface area contributed by atoms with Gasteiger partial charge in [0.05, 0.1) is 17.8 Å². The van der Waals surface area contributed by atoms with Crippen molar-refractivity contribution in [3.63, 3.8) is 0 Å². The second-order valence-corrected chi connectivity index (χ2v) is 10.00. The van der Waals surface area contributed by atoms with E-state index in [2.05, 4.69) is 37.5 Å². The van der Waals surface area contributed by atoms with Crippen molar-refractivity contribution in [1.82, 2.24) is 19.4 Å². The molecule has 4 rings (SSSR count). The molecule has 2 N–H and O–H groups in total. The van der Waals surface area contributed by atoms with E-state index < -0.39 is 17.9 Å². The summed E-state index contributed by atoms with van der Waals surface area (Å²) in [7, 11) is 1.64. The summed E-state index contributed by atoms with van der Waals surface area (Å²) >= 11 is 0. The predicted octanol–water partition coefficient (Wildman–Crippen LogP) is 3.31. The van der Waals surface area contributed by atoms with Gasteiger partial charge in [-0.25, -0.2) is 4.98 Å². The van der Waals surface area contributed by atoms with Gasteiger partial charge in [-0.05, 0) is 11.0 Å². The van der Waals surface area contributed by atoms with E-state index >= 15 is 0 Å². The Kier molecular flexibility index (Phi) is 6.57. The molecule has 2 heterocycles. The molecule has 0 spiro atoms. The van der Waals surface area contributed by atoms with Crippen LogP contribution in [0.4, 0.5) is 0 Å². The average molecular weight is 460 g/mol. The van der Waals surface area contributed by atoms with Gasteiger partial charge >= 0.3 is 11.8 Å². The summed E-state index contributed by atoms with van der Waals surface area (Å²) in [4.78, 5) is 34.3. The normalized spacial score (nSPS) is 17.9. The van der Waals surface area contributed by atoms with Crippen molar-refractivity contribution in [2.24, 2.45) is 11.1 Å². The average Bonchev–Trinajstić information content (AvgIpc) is 3.22. The van der Waals surface area contributed by atoms with E-state index in [9.17, 15) is 9.59 Å². The van der Waals surface area contributed by atoms with Crippen LogP contribution in [-0.4, -0.2) is 57.3 Å². The Morgan fingerprint density at radius 1 is 1.00 bits per heavy atom. The number of aromatic nitrogens is 2. The molecule has 1 saturated heterocycles. The van der Waals surface area contributed by atoms with Crippen molar-refractivity contribution in [3.8, 4) is 11.3 Å². The fraction of sp³-hybridized carbons (Fsp3) is 0.370. The Hall–Kier alpha value is -3.45. The Balaban J connectivity index is 1.84. The van der Waals surface area contributed by atoms with Gasteiger partial charge in [-0.2, -0.15) is 0 Å². The van der Waals surface area contributed by atoms with Crippen LogP contribution in [-0.2, 0) is 16.1 Å². The van der Waals surface area contributed by atoms with Gasteiger partial charge < -0.3 is 20.1 Å². The molecule has 7 nitrogen and oxygen atoms in total. The van der Waals surface area contributed by atoms with Crippen molar-refractivity contribution in [2.75, 3.05) is 20.1 Å². The SMILES string of the molecule is CN1C(=O)C(=O)N(C(c2nc(-c3ccccc3)cn2Cc2ccccc2)C(C)(C)C)CC1CN. The van der Waals surface area contributed by atoms with E-state index in [-0.39, 0.29) is 18.0 Å². The number of hydrogen-bond donors (Lipinski definition) is 1. The first-order valence-corrected chi connectivity index (χ1v) is 11.6. The summed E-state index contributed by atoms with van der Waals surface area (Å²) in [5.41, 5.74) is 8.57. The molecule has 2 atom stereocenters. The van der Waals surface area contributed by atoms with Crippen LogP contribution in [0.3, 0.4) is 0 Å². The Labute approximate surface area is 201 Å². The minimum atomic E-state index is -0.527. The van der Waals surface area contributed by atoms with E-state index in [0.29, 0.717) is 13.1 Å². The number of likely N-dealkylation sites (N-methyl/N-ethyl adjacent to an activating group) is 1. The second kappa shape index (κ2) is 9.43. The van der Waals surface area contributed by atoms with Crippen molar-refractivity contribution < 1.29 is 9.59 Å². The molecule has 0 bridgehead atoms. The molecule has 1 aromatic heterocycles. The zero-order valence-corrected chi connectivity index (χ0v) is 20.3. The third-order valence-electron chi connectivity index (χ3n) is 6.44. The standard InChI is InChI=1S/C27H33N5O2/c1-27(2,3)23(32-17-21(15-28)30(4)25(33)26(32)34)24-29-22(20-13-9-6-10-14-20)18-31(24)16-19-11-7-5-8-12-19/h5-14,18,21,23H,15-17,28H2,1-4H3. The number of carbonyl (C=O) groups is 2. The minimum absolute atomic E-state index is 0.235. The molecule has 0 aliphatic carbocycles. The van der Waals surface area contributed by atoms with Crippen LogP contribution >= 0.6 is 0 Å². The molecule has 2 unspecified atom stereocenters. The van der Waals surface area contributed by atoms with E-state index in [1.807, 2.05) is 54.7 Å². The van der Waals surface area contributed by atoms with E-state index in [4.69, 9.17) is 10.7 Å². The zero-order valence-electron chi connectivity index (χ0n) is 20.3. The van der Waals surface area contributed by atoms with Crippen LogP contribution < -0.4 is 5.73 Å². The van der Waals surface area contributed by atoms with Crippen LogP contribution in [0.25, 0.3) is 11.3 Å². The van der Waals surface area contributed by atoms with Gasteiger partial charge in [0.2, 0.25) is 0 Å². The number of nitrogens with two attached hydrogens (primary N) is 1. The fourth-order valence-corrected chi connectivity index (χ4v) is 4.62. The number of piperazine rings is 1. The van der Waals surface area contributed by atoms with Crippen LogP contribution in [0.2, 0.25) is 0 Å². The van der Waals surface area contributed by atoms with Gasteiger partial charge in [-0.3, -0.25) is 9.59 Å². The van der Waals surface area contributed by atoms with Gasteiger partial charge in [0.1, 0.15) is 5.82 Å². The molecule has 1 aliphatic rings. The van der Waals surface area contributed by atoms with E-state index in [1.54, 1.807) is 11.9 Å². The van der Waals surface area contributed by atoms with Crippen molar-refractivity contribution in [1.29, 1.82) is 0 Å². The summed E-state index contributed by atoms with van der Waals surface area (Å²) in [6, 6.07) is 19.5. The topological polar surface area (TPSA) is 84.5 Å². The molecular formula is C27H33N5O2. The van der Waals surface area contributed by atoms with Gasteiger partial charge in [0.15, 0.2) is 0 Å². The zero-order chi connectivity index (χ0) is 24.5. The van der Waals surface area contributed by atoms with E-state index in [1.165, 1.54) is 4.90 Å². The number of rotatable bonds is 6. The molecule has 178 valence electrons. The van der Waals surface area contributed by atoms with Gasteiger partial charge in [-0.1, -0.05) is 81.4 Å². The highest BCUT2D eigenvalue weighted by atomic mass is 16.2. The minimum Gasteiger partial charge on any atom is -0.331 e. The quantitative estimate of drug-likeness (QED) is 0.573. The predicted molar refractivity (Wildman–Crippen MR) is 133 cm³/mol. The Morgan fingerprint density at radius 2 is 1.62 bits per heavy atom. The highest BCUT2D eigenvalue weighted by molar-refractivity contribution is 6.35. The summed E-state index contributed by atoms with van der Waals surface area (Å²) in [5.74, 6) is -0.278. The second-order valence-electron chi connectivity index (χ2n) is 10.00. The van der Waals surface area contributed by atoms with Crippen molar-refractivity contribution >= 4 is 11.8 Å². The lowest BCUT2D eigenvalue weighted by Gasteiger charge is -2.45. The Morgan fingerprint density at radius 3 is 2.21 bits per heavy atom. The molecule has 1 aliphatic heterocycles. The van der Waals surface area contributed by atoms with Crippen molar-refractivity contribution in [2.45, 2.75) is 39.4 Å². The third kappa shape index (κ3) is 4.61. The van der Waals surface area contributed by atoms with Crippen LogP contribution in [0, 0.1) is 5.41 Å². The Bertz CT molecular complexity index is 1150. The molecule has 0 radical (unpaired) electrons. The molecule has 2 aromatic carbocycles. The molecule has 34 heavy (non-hydrogen) atoms. The number of hydrogen-bond acceptors (Lipinski definition) is 4. The van der Waals surface area contributed by atoms with Crippen LogP contribution in [0.5, 0.6) is 0 Å². The highest BCUT2D eigenvalue weighted by Gasteiger charge is 2.45. The fourth-order valence-electron chi connectivity index (χ4n) is 4.62. The number of carbonyl (C=O) groups excluding carboxylic acids is 2. The van der Waals surface area contributed by atoms with E-state index in [0.717, 1.165) is 22.6 Å². The van der Waals surface area contributed by atoms with Gasteiger partial charge in [0, 0.05) is 38.4 Å². The van der Waals surface area contributed by atoms with Crippen LogP contribution in [0.1, 0.15) is 38.2 Å². The lowest BCUT2D eigenvalue weighted by molar-refractivity contribution is -0.161. The molecular weight excluding hydrogens is 426 g/mol. The third-order valence-corrected chi connectivity index (χ3v) is 6.44. The number of amides is 2. The largest absolute Gasteiger partial charge is 0.331 e. The number of imidazole rings is 1. The molecule has 0 saturated carbocycles. The number of nitrogens with zero attached hydrogens (tertiary/aromatic N) is 4. The number of benzene rings is 2. The maximum absolute atomic E-state index is 13.3. The lowest BCUT2D eigenvalue weighted by atomic mass is 9.84. The maximum Gasteiger partial charge on any atom is 0.312 e. The van der Waals surface area contributed by atoms with Crippen LogP contribution in [0.15, 0.2) is 66.9 Å². The molecule has 3 aromatic rings. The maximum atomic E-state index is 13.3. The van der Waals surface area contributed by atoms with Gasteiger partial charge in [0.25, 0.3) is 0 Å². The molecule has 1 fully saturated rings. The highest BCUT2D eigenvalue weighted by Crippen LogP contribution is 2.40. The first kappa shape index (κ1) is 23.7. The molecule has 7 heteroatoms. The van der Waals surface area contributed by atoms with Gasteiger partial charge in [-0.15, -0.1) is 0 Å². The summed E-state index contributed by atoms with van der Waals surface area (Å²) in [6.07, 6.45) is 2.04. The first-order valence-electron chi connectivity index (χ1n) is 11.6. The lowest BCUT2D eigenvalue weighted by Crippen LogP contribution is -2.62. The monoisotopic (exact) mass is 459 g/mol. The summed E-state index contributed by atoms with van der Waals surface area (Å²) in [6.45, 7) is 7.51. The summed E-state index contributed by atoms with van der Waals surface area (Å²) in [5, 5.41) is 0. The summed E-state index contributed by atoms with van der Waals surface area (Å²) < 4.78 is 2.11. The first-order chi connectivity index (χ1) is 16.2. The smallest absolute Gasteiger partial charge is 0.312 e. The van der Waals surface area contributed by atoms with Crippen molar-refractivity contribution in [3.05, 3.63) is 78.2 Å².